The molecule has 0 rings (SSSR count). The molecule has 0 aromatic carbocycles. The quantitative estimate of drug-likeness (QED) is 0.233. The summed E-state index contributed by atoms with van der Waals surface area (Å²) in [4.78, 5) is 22.5. The van der Waals surface area contributed by atoms with Crippen molar-refractivity contribution in [3.63, 3.8) is 0 Å². The fourth-order valence-electron chi connectivity index (χ4n) is 2.25. The van der Waals surface area contributed by atoms with Gasteiger partial charge >= 0.3 is 5.97 Å². The van der Waals surface area contributed by atoms with E-state index in [4.69, 9.17) is 5.11 Å². The summed E-state index contributed by atoms with van der Waals surface area (Å²) in [6, 6.07) is 0. The number of unbranched alkanes of at least 4 members (excludes halogenated alkanes) is 3. The highest BCUT2D eigenvalue weighted by atomic mass is 16.4. The Morgan fingerprint density at radius 2 is 1.54 bits per heavy atom. The summed E-state index contributed by atoms with van der Waals surface area (Å²) in [5.74, 6) is -2.14. The van der Waals surface area contributed by atoms with Crippen molar-refractivity contribution < 1.29 is 24.9 Å². The highest BCUT2D eigenvalue weighted by molar-refractivity contribution is 5.93. The Morgan fingerprint density at radius 3 is 2.15 bits per heavy atom. The number of hydrogen-bond donors (Lipinski definition) is 3. The van der Waals surface area contributed by atoms with Gasteiger partial charge in [0, 0.05) is 0 Å². The van der Waals surface area contributed by atoms with Crippen molar-refractivity contribution in [1.82, 2.24) is 0 Å². The average Bonchev–Trinajstić information content (AvgIpc) is 2.62. The third-order valence-electron chi connectivity index (χ3n) is 4.11. The van der Waals surface area contributed by atoms with Crippen molar-refractivity contribution in [2.45, 2.75) is 77.4 Å². The lowest BCUT2D eigenvalue weighted by Gasteiger charge is -2.16. The number of aliphatic hydroxyl groups excluding tert-OH is 2. The second kappa shape index (κ2) is 15.5. The standard InChI is InChI=1S/C21H34O5/c1-3-4-5-6-7-8-9-10-11-12-13-14-18(22)20(24)19(23)16-15-17(2)21(25)26/h7-8,10-11,13-14,17,19-20,23-24H,3-6,9,12,15-16H2,1-2H3,(H,25,26)/b8-7-,11-10-,14-13-. The van der Waals surface area contributed by atoms with Crippen LogP contribution in [0.4, 0.5) is 0 Å². The molecule has 148 valence electrons. The second-order valence-corrected chi connectivity index (χ2v) is 6.54. The number of ketones is 1. The van der Waals surface area contributed by atoms with Crippen molar-refractivity contribution in [3.8, 4) is 0 Å². The first-order valence-corrected chi connectivity index (χ1v) is 9.49. The van der Waals surface area contributed by atoms with Gasteiger partial charge in [-0.3, -0.25) is 9.59 Å². The summed E-state index contributed by atoms with van der Waals surface area (Å²) < 4.78 is 0. The summed E-state index contributed by atoms with van der Waals surface area (Å²) in [5, 5.41) is 28.3. The van der Waals surface area contributed by atoms with Gasteiger partial charge in [0.1, 0.15) is 6.10 Å². The predicted octanol–water partition coefficient (Wildman–Crippen LogP) is 3.81. The first-order chi connectivity index (χ1) is 12.4. The SMILES string of the molecule is CCCCC/C=C\C/C=C\C/C=C\C(=O)C(O)C(O)CCC(C)C(=O)O. The maximum atomic E-state index is 11.8. The van der Waals surface area contributed by atoms with E-state index in [1.165, 1.54) is 32.3 Å². The van der Waals surface area contributed by atoms with Crippen LogP contribution in [0.1, 0.15) is 65.2 Å². The van der Waals surface area contributed by atoms with Gasteiger partial charge in [-0.15, -0.1) is 0 Å². The van der Waals surface area contributed by atoms with Gasteiger partial charge in [0.05, 0.1) is 12.0 Å². The van der Waals surface area contributed by atoms with E-state index in [1.54, 1.807) is 6.08 Å². The Bertz CT molecular complexity index is 479. The molecular weight excluding hydrogens is 332 g/mol. The first kappa shape index (κ1) is 24.3. The number of aliphatic carboxylic acids is 1. The molecule has 3 atom stereocenters. The van der Waals surface area contributed by atoms with Gasteiger partial charge < -0.3 is 15.3 Å². The minimum atomic E-state index is -1.51. The van der Waals surface area contributed by atoms with Gasteiger partial charge in [0.25, 0.3) is 0 Å². The molecule has 0 radical (unpaired) electrons. The van der Waals surface area contributed by atoms with Crippen LogP contribution >= 0.6 is 0 Å². The van der Waals surface area contributed by atoms with E-state index < -0.39 is 29.9 Å². The number of hydrogen-bond acceptors (Lipinski definition) is 4. The number of carbonyl (C=O) groups excluding carboxylic acids is 1. The number of allylic oxidation sites excluding steroid dienone is 5. The van der Waals surface area contributed by atoms with E-state index in [0.29, 0.717) is 6.42 Å². The van der Waals surface area contributed by atoms with E-state index in [-0.39, 0.29) is 12.8 Å². The molecule has 3 unspecified atom stereocenters. The second-order valence-electron chi connectivity index (χ2n) is 6.54. The normalized spacial score (nSPS) is 15.7. The zero-order valence-electron chi connectivity index (χ0n) is 16.0. The highest BCUT2D eigenvalue weighted by Crippen LogP contribution is 2.11. The molecule has 0 saturated carbocycles. The summed E-state index contributed by atoms with van der Waals surface area (Å²) in [7, 11) is 0. The van der Waals surface area contributed by atoms with Crippen molar-refractivity contribution in [2.24, 2.45) is 5.92 Å². The van der Waals surface area contributed by atoms with Crippen LogP contribution in [0, 0.1) is 5.92 Å². The molecule has 0 saturated heterocycles. The fourth-order valence-corrected chi connectivity index (χ4v) is 2.25. The molecule has 5 heteroatoms. The molecule has 5 nitrogen and oxygen atoms in total. The molecule has 0 aromatic rings. The number of rotatable bonds is 15. The van der Waals surface area contributed by atoms with E-state index in [1.807, 2.05) is 12.2 Å². The molecule has 0 heterocycles. The number of aliphatic hydroxyl groups is 2. The molecule has 3 N–H and O–H groups in total. The van der Waals surface area contributed by atoms with Crippen LogP contribution in [-0.4, -0.2) is 39.3 Å². The third kappa shape index (κ3) is 12.6. The molecule has 0 bridgehead atoms. The largest absolute Gasteiger partial charge is 0.481 e. The van der Waals surface area contributed by atoms with Gasteiger partial charge in [-0.25, -0.2) is 0 Å². The maximum absolute atomic E-state index is 11.8. The Hall–Kier alpha value is -1.72. The molecule has 0 amide bonds. The minimum absolute atomic E-state index is 0.0682. The summed E-state index contributed by atoms with van der Waals surface area (Å²) in [5.41, 5.74) is 0. The van der Waals surface area contributed by atoms with Gasteiger partial charge in [-0.05, 0) is 44.6 Å². The van der Waals surface area contributed by atoms with Crippen LogP contribution in [0.5, 0.6) is 0 Å². The molecule has 0 spiro atoms. The number of carboxylic acid groups (broad SMARTS) is 1. The van der Waals surface area contributed by atoms with E-state index in [2.05, 4.69) is 19.1 Å². The monoisotopic (exact) mass is 366 g/mol. The van der Waals surface area contributed by atoms with Crippen LogP contribution in [0.25, 0.3) is 0 Å². The topological polar surface area (TPSA) is 94.8 Å². The van der Waals surface area contributed by atoms with Crippen molar-refractivity contribution in [2.75, 3.05) is 0 Å². The van der Waals surface area contributed by atoms with E-state index in [9.17, 15) is 19.8 Å². The van der Waals surface area contributed by atoms with E-state index >= 15 is 0 Å². The van der Waals surface area contributed by atoms with Gasteiger partial charge in [-0.1, -0.05) is 57.1 Å². The molecule has 0 aliphatic rings. The van der Waals surface area contributed by atoms with Crippen molar-refractivity contribution in [1.29, 1.82) is 0 Å². The molecule has 0 aromatic heterocycles. The summed E-state index contributed by atoms with van der Waals surface area (Å²) in [6.07, 6.45) is 15.0. The molecule has 26 heavy (non-hydrogen) atoms. The van der Waals surface area contributed by atoms with Crippen molar-refractivity contribution >= 4 is 11.8 Å². The van der Waals surface area contributed by atoms with Crippen LogP contribution in [0.3, 0.4) is 0 Å². The fraction of sp³-hybridized carbons (Fsp3) is 0.619. The van der Waals surface area contributed by atoms with Gasteiger partial charge in [0.2, 0.25) is 0 Å². The van der Waals surface area contributed by atoms with Crippen LogP contribution in [0.2, 0.25) is 0 Å². The predicted molar refractivity (Wildman–Crippen MR) is 104 cm³/mol. The Kier molecular flexibility index (Phi) is 14.5. The zero-order valence-corrected chi connectivity index (χ0v) is 16.0. The summed E-state index contributed by atoms with van der Waals surface area (Å²) >= 11 is 0. The lowest BCUT2D eigenvalue weighted by Crippen LogP contribution is -2.33. The highest BCUT2D eigenvalue weighted by Gasteiger charge is 2.23. The minimum Gasteiger partial charge on any atom is -0.481 e. The van der Waals surface area contributed by atoms with Crippen molar-refractivity contribution in [3.05, 3.63) is 36.5 Å². The molecule has 0 aliphatic heterocycles. The number of carbonyl (C=O) groups is 2. The smallest absolute Gasteiger partial charge is 0.306 e. The average molecular weight is 366 g/mol. The third-order valence-corrected chi connectivity index (χ3v) is 4.11. The Morgan fingerprint density at radius 1 is 0.923 bits per heavy atom. The Labute approximate surface area is 157 Å². The lowest BCUT2D eigenvalue weighted by atomic mass is 9.98. The molecular formula is C21H34O5. The summed E-state index contributed by atoms with van der Waals surface area (Å²) in [6.45, 7) is 3.71. The maximum Gasteiger partial charge on any atom is 0.306 e. The van der Waals surface area contributed by atoms with E-state index in [0.717, 1.165) is 12.8 Å². The molecule has 0 aliphatic carbocycles. The van der Waals surface area contributed by atoms with Gasteiger partial charge in [-0.2, -0.15) is 0 Å². The first-order valence-electron chi connectivity index (χ1n) is 9.49. The van der Waals surface area contributed by atoms with Crippen LogP contribution in [-0.2, 0) is 9.59 Å². The molecule has 0 fully saturated rings. The number of carboxylic acids is 1. The van der Waals surface area contributed by atoms with Crippen LogP contribution in [0.15, 0.2) is 36.5 Å². The Balaban J connectivity index is 3.99. The van der Waals surface area contributed by atoms with Crippen LogP contribution < -0.4 is 0 Å². The van der Waals surface area contributed by atoms with Gasteiger partial charge in [0.15, 0.2) is 5.78 Å². The lowest BCUT2D eigenvalue weighted by molar-refractivity contribution is -0.141. The zero-order chi connectivity index (χ0) is 19.8.